The molecule has 0 aromatic rings. The van der Waals surface area contributed by atoms with Crippen LogP contribution in [0.2, 0.25) is 0 Å². The van der Waals surface area contributed by atoms with E-state index in [2.05, 4.69) is 16.6 Å². The van der Waals surface area contributed by atoms with Crippen molar-refractivity contribution in [3.05, 3.63) is 12.7 Å². The molecule has 1 N–H and O–H groups in total. The molecule has 4 nitrogen and oxygen atoms in total. The van der Waals surface area contributed by atoms with Crippen LogP contribution in [0.5, 0.6) is 0 Å². The van der Waals surface area contributed by atoms with E-state index in [9.17, 15) is 9.59 Å². The van der Waals surface area contributed by atoms with Crippen molar-refractivity contribution in [2.24, 2.45) is 0 Å². The summed E-state index contributed by atoms with van der Waals surface area (Å²) in [5, 5.41) is 2.46. The molecule has 0 saturated heterocycles. The molecule has 0 aromatic carbocycles. The van der Waals surface area contributed by atoms with Gasteiger partial charge in [-0.05, 0) is 0 Å². The average Bonchev–Trinajstić information content (AvgIpc) is 1.97. The zero-order valence-corrected chi connectivity index (χ0v) is 7.96. The standard InChI is InChI=1S/C6H8INO3/c1-2-5(9)11-4-3-8-6(7)10/h2H,1,3-4H2,(H,8,10). The van der Waals surface area contributed by atoms with Crippen LogP contribution in [-0.2, 0) is 9.53 Å². The number of hydrogen-bond acceptors (Lipinski definition) is 3. The lowest BCUT2D eigenvalue weighted by Crippen LogP contribution is -2.22. The predicted molar refractivity (Wildman–Crippen MR) is 48.6 cm³/mol. The van der Waals surface area contributed by atoms with Crippen molar-refractivity contribution in [3.8, 4) is 0 Å². The number of rotatable bonds is 4. The first-order chi connectivity index (χ1) is 5.16. The maximum Gasteiger partial charge on any atom is 0.330 e. The molecule has 1 amide bonds. The van der Waals surface area contributed by atoms with Gasteiger partial charge in [0.25, 0.3) is 3.91 Å². The Morgan fingerprint density at radius 3 is 2.73 bits per heavy atom. The van der Waals surface area contributed by atoms with E-state index in [1.807, 2.05) is 0 Å². The highest BCUT2D eigenvalue weighted by molar-refractivity contribution is 14.1. The summed E-state index contributed by atoms with van der Waals surface area (Å²) in [4.78, 5) is 20.7. The summed E-state index contributed by atoms with van der Waals surface area (Å²) in [7, 11) is 0. The molecule has 62 valence electrons. The van der Waals surface area contributed by atoms with E-state index >= 15 is 0 Å². The zero-order valence-electron chi connectivity index (χ0n) is 5.80. The van der Waals surface area contributed by atoms with Gasteiger partial charge in [0.2, 0.25) is 0 Å². The fraction of sp³-hybridized carbons (Fsp3) is 0.333. The van der Waals surface area contributed by atoms with Gasteiger partial charge >= 0.3 is 5.97 Å². The van der Waals surface area contributed by atoms with Crippen LogP contribution in [0.1, 0.15) is 0 Å². The first-order valence-electron chi connectivity index (χ1n) is 2.89. The molecule has 0 spiro atoms. The van der Waals surface area contributed by atoms with Gasteiger partial charge in [-0.15, -0.1) is 0 Å². The Morgan fingerprint density at radius 1 is 1.64 bits per heavy atom. The molecule has 0 aromatic heterocycles. The molecule has 0 aliphatic carbocycles. The van der Waals surface area contributed by atoms with Crippen molar-refractivity contribution < 1.29 is 14.3 Å². The van der Waals surface area contributed by atoms with E-state index in [4.69, 9.17) is 0 Å². The zero-order chi connectivity index (χ0) is 8.69. The SMILES string of the molecule is C=CC(=O)OCCNC(=O)I. The van der Waals surface area contributed by atoms with E-state index in [0.717, 1.165) is 6.08 Å². The summed E-state index contributed by atoms with van der Waals surface area (Å²) in [6, 6.07) is 0. The molecule has 0 saturated carbocycles. The highest BCUT2D eigenvalue weighted by atomic mass is 127. The van der Waals surface area contributed by atoms with Gasteiger partial charge in [-0.3, -0.25) is 4.79 Å². The van der Waals surface area contributed by atoms with Crippen LogP contribution in [0.4, 0.5) is 4.79 Å². The molecule has 0 bridgehead atoms. The Bertz CT molecular complexity index is 169. The number of ether oxygens (including phenoxy) is 1. The molecular weight excluding hydrogens is 261 g/mol. The fourth-order valence-corrected chi connectivity index (χ4v) is 0.630. The number of amides is 1. The number of carbonyl (C=O) groups excluding carboxylic acids is 2. The van der Waals surface area contributed by atoms with Gasteiger partial charge in [-0.1, -0.05) is 6.58 Å². The maximum absolute atomic E-state index is 10.4. The molecule has 0 aliphatic heterocycles. The molecule has 5 heteroatoms. The van der Waals surface area contributed by atoms with Gasteiger partial charge in [0.15, 0.2) is 0 Å². The summed E-state index contributed by atoms with van der Waals surface area (Å²) in [5.74, 6) is -0.479. The van der Waals surface area contributed by atoms with Crippen molar-refractivity contribution >= 4 is 32.5 Å². The van der Waals surface area contributed by atoms with Gasteiger partial charge in [0, 0.05) is 28.7 Å². The smallest absolute Gasteiger partial charge is 0.330 e. The third-order valence-corrected chi connectivity index (χ3v) is 1.16. The van der Waals surface area contributed by atoms with Crippen LogP contribution in [0.3, 0.4) is 0 Å². The molecular formula is C6H8INO3. The average molecular weight is 269 g/mol. The summed E-state index contributed by atoms with van der Waals surface area (Å²) >= 11 is 1.60. The minimum atomic E-state index is -0.479. The Balaban J connectivity index is 3.21. The molecule has 0 heterocycles. The third kappa shape index (κ3) is 7.31. The summed E-state index contributed by atoms with van der Waals surface area (Å²) in [5.41, 5.74) is 0. The third-order valence-electron chi connectivity index (χ3n) is 0.777. The van der Waals surface area contributed by atoms with E-state index in [1.165, 1.54) is 0 Å². The number of halogens is 1. The van der Waals surface area contributed by atoms with E-state index in [0.29, 0.717) is 6.54 Å². The predicted octanol–water partition coefficient (Wildman–Crippen LogP) is 0.860. The second kappa shape index (κ2) is 6.14. The Labute approximate surface area is 78.1 Å². The van der Waals surface area contributed by atoms with Crippen molar-refractivity contribution in [2.75, 3.05) is 13.2 Å². The summed E-state index contributed by atoms with van der Waals surface area (Å²) in [6.45, 7) is 3.73. The van der Waals surface area contributed by atoms with Crippen LogP contribution in [0, 0.1) is 0 Å². The number of carbonyl (C=O) groups is 2. The van der Waals surface area contributed by atoms with Gasteiger partial charge in [-0.25, -0.2) is 4.79 Å². The van der Waals surface area contributed by atoms with Gasteiger partial charge in [0.1, 0.15) is 6.61 Å². The van der Waals surface area contributed by atoms with Crippen molar-refractivity contribution in [1.29, 1.82) is 0 Å². The molecule has 0 atom stereocenters. The summed E-state index contributed by atoms with van der Waals surface area (Å²) in [6.07, 6.45) is 1.08. The van der Waals surface area contributed by atoms with E-state index < -0.39 is 5.97 Å². The van der Waals surface area contributed by atoms with E-state index in [1.54, 1.807) is 22.6 Å². The van der Waals surface area contributed by atoms with Crippen LogP contribution in [-0.4, -0.2) is 23.0 Å². The largest absolute Gasteiger partial charge is 0.461 e. The summed E-state index contributed by atoms with van der Waals surface area (Å²) < 4.78 is 4.40. The van der Waals surface area contributed by atoms with Crippen LogP contribution in [0.15, 0.2) is 12.7 Å². The van der Waals surface area contributed by atoms with Gasteiger partial charge in [0.05, 0.1) is 6.54 Å². The fourth-order valence-electron chi connectivity index (χ4n) is 0.360. The molecule has 0 fully saturated rings. The number of nitrogens with one attached hydrogen (secondary N) is 1. The molecule has 0 radical (unpaired) electrons. The number of hydrogen-bond donors (Lipinski definition) is 1. The van der Waals surface area contributed by atoms with Crippen molar-refractivity contribution in [2.45, 2.75) is 0 Å². The quantitative estimate of drug-likeness (QED) is 0.206. The van der Waals surface area contributed by atoms with Gasteiger partial charge < -0.3 is 10.1 Å². The van der Waals surface area contributed by atoms with Gasteiger partial charge in [-0.2, -0.15) is 0 Å². The molecule has 11 heavy (non-hydrogen) atoms. The highest BCUT2D eigenvalue weighted by Gasteiger charge is 1.95. The van der Waals surface area contributed by atoms with Crippen LogP contribution >= 0.6 is 22.6 Å². The first-order valence-corrected chi connectivity index (χ1v) is 3.97. The first kappa shape index (κ1) is 10.4. The Hall–Kier alpha value is -0.590. The topological polar surface area (TPSA) is 55.4 Å². The van der Waals surface area contributed by atoms with Crippen molar-refractivity contribution in [3.63, 3.8) is 0 Å². The van der Waals surface area contributed by atoms with Crippen LogP contribution in [0.25, 0.3) is 0 Å². The minimum Gasteiger partial charge on any atom is -0.461 e. The maximum atomic E-state index is 10.4. The lowest BCUT2D eigenvalue weighted by atomic mass is 10.6. The lowest BCUT2D eigenvalue weighted by Gasteiger charge is -2.00. The molecule has 0 unspecified atom stereocenters. The molecule has 0 aliphatic rings. The normalized spacial score (nSPS) is 8.45. The minimum absolute atomic E-state index is 0.169. The second-order valence-electron chi connectivity index (χ2n) is 1.57. The highest BCUT2D eigenvalue weighted by Crippen LogP contribution is 1.82. The Kier molecular flexibility index (Phi) is 5.81. The number of esters is 1. The second-order valence-corrected chi connectivity index (χ2v) is 2.55. The van der Waals surface area contributed by atoms with E-state index in [-0.39, 0.29) is 10.5 Å². The molecule has 0 rings (SSSR count). The Morgan fingerprint density at radius 2 is 2.27 bits per heavy atom. The monoisotopic (exact) mass is 269 g/mol. The van der Waals surface area contributed by atoms with Crippen molar-refractivity contribution in [1.82, 2.24) is 5.32 Å². The lowest BCUT2D eigenvalue weighted by molar-refractivity contribution is -0.137. The van der Waals surface area contributed by atoms with Crippen LogP contribution < -0.4 is 5.32 Å².